The topological polar surface area (TPSA) is 53.4 Å². The molecule has 1 aliphatic rings. The van der Waals surface area contributed by atoms with Gasteiger partial charge >= 0.3 is 5.97 Å². The largest absolute Gasteiger partial charge is 0.480 e. The Balaban J connectivity index is 1.98. The third-order valence-corrected chi connectivity index (χ3v) is 6.29. The molecule has 6 heteroatoms. The SMILES string of the molecule is Cc1nc(C)c(C(C)N2CCc3sccc3C2C(=O)O)s1. The Hall–Kier alpha value is -1.24. The standard InChI is InChI=1S/C15H18N2O2S2/c1-8-14(21-10(3)16-8)9(2)17-6-4-12-11(5-7-20-12)13(17)15(18)19/h5,7,9,13H,4,6H2,1-3H3,(H,18,19). The summed E-state index contributed by atoms with van der Waals surface area (Å²) in [6.45, 7) is 6.87. The van der Waals surface area contributed by atoms with Crippen molar-refractivity contribution in [1.82, 2.24) is 9.88 Å². The van der Waals surface area contributed by atoms with Gasteiger partial charge in [0.1, 0.15) is 6.04 Å². The smallest absolute Gasteiger partial charge is 0.325 e. The Bertz CT molecular complexity index is 677. The van der Waals surface area contributed by atoms with Crippen LogP contribution < -0.4 is 0 Å². The van der Waals surface area contributed by atoms with Gasteiger partial charge in [-0.05, 0) is 44.2 Å². The van der Waals surface area contributed by atoms with Gasteiger partial charge in [-0.1, -0.05) is 0 Å². The zero-order valence-electron chi connectivity index (χ0n) is 12.3. The summed E-state index contributed by atoms with van der Waals surface area (Å²) in [7, 11) is 0. The van der Waals surface area contributed by atoms with Crippen molar-refractivity contribution in [3.63, 3.8) is 0 Å². The number of hydrogen-bond donors (Lipinski definition) is 1. The van der Waals surface area contributed by atoms with Crippen LogP contribution in [0.1, 0.15) is 45.0 Å². The van der Waals surface area contributed by atoms with E-state index in [4.69, 9.17) is 0 Å². The molecule has 2 aromatic heterocycles. The number of carboxylic acid groups (broad SMARTS) is 1. The predicted molar refractivity (Wildman–Crippen MR) is 85.1 cm³/mol. The fourth-order valence-corrected chi connectivity index (χ4v) is 5.02. The fraction of sp³-hybridized carbons (Fsp3) is 0.467. The minimum Gasteiger partial charge on any atom is -0.480 e. The van der Waals surface area contributed by atoms with Gasteiger partial charge in [-0.3, -0.25) is 9.69 Å². The molecule has 1 N–H and O–H groups in total. The van der Waals surface area contributed by atoms with E-state index in [1.807, 2.05) is 25.3 Å². The van der Waals surface area contributed by atoms with Gasteiger partial charge in [-0.25, -0.2) is 4.98 Å². The molecule has 0 radical (unpaired) electrons. The Labute approximate surface area is 132 Å². The van der Waals surface area contributed by atoms with Gasteiger partial charge in [-0.2, -0.15) is 0 Å². The molecule has 0 fully saturated rings. The maximum absolute atomic E-state index is 11.8. The van der Waals surface area contributed by atoms with Crippen LogP contribution in [0.4, 0.5) is 0 Å². The monoisotopic (exact) mass is 322 g/mol. The van der Waals surface area contributed by atoms with E-state index in [1.165, 1.54) is 9.75 Å². The highest BCUT2D eigenvalue weighted by molar-refractivity contribution is 7.11. The molecule has 0 aliphatic carbocycles. The van der Waals surface area contributed by atoms with Crippen molar-refractivity contribution in [2.75, 3.05) is 6.54 Å². The summed E-state index contributed by atoms with van der Waals surface area (Å²) in [5.74, 6) is -0.764. The van der Waals surface area contributed by atoms with Crippen molar-refractivity contribution >= 4 is 28.6 Å². The first kappa shape index (κ1) is 14.7. The number of thiazole rings is 1. The molecule has 0 aromatic carbocycles. The first-order valence-corrected chi connectivity index (χ1v) is 8.67. The zero-order chi connectivity index (χ0) is 15.1. The van der Waals surface area contributed by atoms with Gasteiger partial charge in [0, 0.05) is 22.3 Å². The van der Waals surface area contributed by atoms with Crippen LogP contribution in [0.2, 0.25) is 0 Å². The van der Waals surface area contributed by atoms with Crippen molar-refractivity contribution in [2.45, 2.75) is 39.3 Å². The number of aliphatic carboxylic acids is 1. The summed E-state index contributed by atoms with van der Waals surface area (Å²) in [6, 6.07) is 1.49. The maximum atomic E-state index is 11.8. The number of fused-ring (bicyclic) bond motifs is 1. The molecule has 112 valence electrons. The Kier molecular flexibility index (Phi) is 3.86. The van der Waals surface area contributed by atoms with Gasteiger partial charge in [0.15, 0.2) is 0 Å². The van der Waals surface area contributed by atoms with Gasteiger partial charge in [0.25, 0.3) is 0 Å². The molecule has 0 bridgehead atoms. The van der Waals surface area contributed by atoms with Crippen LogP contribution in [0.5, 0.6) is 0 Å². The molecule has 4 nitrogen and oxygen atoms in total. The van der Waals surface area contributed by atoms with E-state index >= 15 is 0 Å². The zero-order valence-corrected chi connectivity index (χ0v) is 13.9. The Morgan fingerprint density at radius 2 is 2.29 bits per heavy atom. The second-order valence-corrected chi connectivity index (χ2v) is 7.62. The van der Waals surface area contributed by atoms with Crippen LogP contribution in [-0.4, -0.2) is 27.5 Å². The normalized spacial score (nSPS) is 20.2. The third-order valence-electron chi connectivity index (χ3n) is 4.05. The quantitative estimate of drug-likeness (QED) is 0.938. The third kappa shape index (κ3) is 2.52. The molecule has 2 unspecified atom stereocenters. The van der Waals surface area contributed by atoms with Crippen molar-refractivity contribution in [1.29, 1.82) is 0 Å². The van der Waals surface area contributed by atoms with Gasteiger partial charge in [-0.15, -0.1) is 22.7 Å². The molecule has 1 aliphatic heterocycles. The molecule has 3 heterocycles. The minimum atomic E-state index is -0.764. The highest BCUT2D eigenvalue weighted by Gasteiger charge is 2.37. The highest BCUT2D eigenvalue weighted by atomic mass is 32.1. The van der Waals surface area contributed by atoms with Crippen LogP contribution in [0.25, 0.3) is 0 Å². The molecule has 2 aromatic rings. The number of nitrogens with zero attached hydrogens (tertiary/aromatic N) is 2. The lowest BCUT2D eigenvalue weighted by atomic mass is 9.97. The molecule has 2 atom stereocenters. The maximum Gasteiger partial charge on any atom is 0.325 e. The summed E-state index contributed by atoms with van der Waals surface area (Å²) in [4.78, 5) is 20.8. The molecule has 0 amide bonds. The second kappa shape index (κ2) is 5.51. The van der Waals surface area contributed by atoms with E-state index in [9.17, 15) is 9.90 Å². The van der Waals surface area contributed by atoms with Crippen molar-refractivity contribution in [2.24, 2.45) is 0 Å². The number of rotatable bonds is 3. The predicted octanol–water partition coefficient (Wildman–Crippen LogP) is 3.57. The van der Waals surface area contributed by atoms with E-state index in [1.54, 1.807) is 22.7 Å². The van der Waals surface area contributed by atoms with Crippen LogP contribution >= 0.6 is 22.7 Å². The van der Waals surface area contributed by atoms with Crippen LogP contribution in [0.3, 0.4) is 0 Å². The molecule has 0 saturated carbocycles. The average molecular weight is 322 g/mol. The molecule has 0 saturated heterocycles. The highest BCUT2D eigenvalue weighted by Crippen LogP contribution is 2.40. The minimum absolute atomic E-state index is 0.0744. The van der Waals surface area contributed by atoms with Gasteiger partial charge in [0.2, 0.25) is 0 Å². The second-order valence-electron chi connectivity index (χ2n) is 5.39. The molecular formula is C15H18N2O2S2. The molecule has 21 heavy (non-hydrogen) atoms. The van der Waals surface area contributed by atoms with E-state index in [-0.39, 0.29) is 6.04 Å². The Morgan fingerprint density at radius 1 is 1.52 bits per heavy atom. The number of thiophene rings is 1. The van der Waals surface area contributed by atoms with Gasteiger partial charge < -0.3 is 5.11 Å². The number of carbonyl (C=O) groups is 1. The van der Waals surface area contributed by atoms with Crippen molar-refractivity contribution in [3.05, 3.63) is 37.5 Å². The molecule has 0 spiro atoms. The molecule has 3 rings (SSSR count). The van der Waals surface area contributed by atoms with Crippen molar-refractivity contribution in [3.8, 4) is 0 Å². The number of hydrogen-bond acceptors (Lipinski definition) is 5. The van der Waals surface area contributed by atoms with Crippen LogP contribution in [-0.2, 0) is 11.2 Å². The number of carboxylic acids is 1. The summed E-state index contributed by atoms with van der Waals surface area (Å²) in [6.07, 6.45) is 0.929. The first-order chi connectivity index (χ1) is 9.99. The van der Waals surface area contributed by atoms with E-state index in [0.29, 0.717) is 0 Å². The number of aryl methyl sites for hydroxylation is 2. The summed E-state index contributed by atoms with van der Waals surface area (Å²) in [5.41, 5.74) is 1.98. The summed E-state index contributed by atoms with van der Waals surface area (Å²) in [5, 5.41) is 12.7. The van der Waals surface area contributed by atoms with Crippen LogP contribution in [0, 0.1) is 13.8 Å². The van der Waals surface area contributed by atoms with Gasteiger partial charge in [0.05, 0.1) is 10.7 Å². The van der Waals surface area contributed by atoms with E-state index < -0.39 is 12.0 Å². The number of aromatic nitrogens is 1. The lowest BCUT2D eigenvalue weighted by Crippen LogP contribution is -2.40. The van der Waals surface area contributed by atoms with Crippen molar-refractivity contribution < 1.29 is 9.90 Å². The lowest BCUT2D eigenvalue weighted by molar-refractivity contribution is -0.145. The van der Waals surface area contributed by atoms with E-state index in [2.05, 4.69) is 16.8 Å². The average Bonchev–Trinajstić information content (AvgIpc) is 3.02. The van der Waals surface area contributed by atoms with Crippen LogP contribution in [0.15, 0.2) is 11.4 Å². The summed E-state index contributed by atoms with van der Waals surface area (Å²) < 4.78 is 0. The molecular weight excluding hydrogens is 304 g/mol. The summed E-state index contributed by atoms with van der Waals surface area (Å²) >= 11 is 3.33. The Morgan fingerprint density at radius 3 is 2.90 bits per heavy atom. The first-order valence-electron chi connectivity index (χ1n) is 6.97. The lowest BCUT2D eigenvalue weighted by Gasteiger charge is -2.37. The fourth-order valence-electron chi connectivity index (χ4n) is 3.11. The van der Waals surface area contributed by atoms with E-state index in [0.717, 1.165) is 29.2 Å².